The van der Waals surface area contributed by atoms with Gasteiger partial charge in [-0.25, -0.2) is 4.98 Å². The molecular weight excluding hydrogens is 535 g/mol. The third-order valence-electron chi connectivity index (χ3n) is 6.12. The summed E-state index contributed by atoms with van der Waals surface area (Å²) < 4.78 is 3.22. The van der Waals surface area contributed by atoms with Crippen LogP contribution in [0, 0.1) is 5.92 Å². The van der Waals surface area contributed by atoms with Crippen molar-refractivity contribution >= 4 is 61.8 Å². The Morgan fingerprint density at radius 3 is 2.79 bits per heavy atom. The van der Waals surface area contributed by atoms with Gasteiger partial charge >= 0.3 is 0 Å². The molecule has 1 aliphatic heterocycles. The molecule has 2 heterocycles. The fraction of sp³-hybridized carbons (Fsp3) is 0.231. The monoisotopic (exact) mass is 556 g/mol. The maximum Gasteiger partial charge on any atom is 0.228 e. The van der Waals surface area contributed by atoms with Crippen LogP contribution in [-0.4, -0.2) is 33.4 Å². The zero-order valence-corrected chi connectivity index (χ0v) is 21.4. The Morgan fingerprint density at radius 1 is 1.09 bits per heavy atom. The summed E-state index contributed by atoms with van der Waals surface area (Å²) in [4.78, 5) is 20.3. The molecule has 5 nitrogen and oxygen atoms in total. The largest absolute Gasteiger partial charge is 0.324 e. The fourth-order valence-corrected chi connectivity index (χ4v) is 5.25. The van der Waals surface area contributed by atoms with Gasteiger partial charge in [-0.3, -0.25) is 14.3 Å². The molecule has 4 aromatic rings. The Balaban J connectivity index is 1.37. The molecule has 1 amide bonds. The van der Waals surface area contributed by atoms with Gasteiger partial charge in [-0.15, -0.1) is 0 Å². The van der Waals surface area contributed by atoms with E-state index in [0.29, 0.717) is 28.8 Å². The molecule has 5 rings (SSSR count). The van der Waals surface area contributed by atoms with Crippen LogP contribution in [0.15, 0.2) is 71.2 Å². The molecule has 1 aliphatic rings. The molecule has 1 saturated heterocycles. The Hall–Kier alpha value is -2.38. The van der Waals surface area contributed by atoms with E-state index in [4.69, 9.17) is 28.2 Å². The highest BCUT2D eigenvalue weighted by Crippen LogP contribution is 2.29. The maximum atomic E-state index is 13.0. The van der Waals surface area contributed by atoms with Crippen LogP contribution < -0.4 is 5.32 Å². The lowest BCUT2D eigenvalue weighted by Gasteiger charge is -2.32. The summed E-state index contributed by atoms with van der Waals surface area (Å²) in [6, 6.07) is 21.5. The molecule has 0 saturated carbocycles. The van der Waals surface area contributed by atoms with Gasteiger partial charge in [0, 0.05) is 21.7 Å². The minimum Gasteiger partial charge on any atom is -0.324 e. The lowest BCUT2D eigenvalue weighted by Crippen LogP contribution is -2.40. The van der Waals surface area contributed by atoms with Crippen LogP contribution in [0.25, 0.3) is 16.7 Å². The smallest absolute Gasteiger partial charge is 0.228 e. The second-order valence-corrected chi connectivity index (χ2v) is 10.3. The van der Waals surface area contributed by atoms with Gasteiger partial charge in [0.25, 0.3) is 0 Å². The molecule has 34 heavy (non-hydrogen) atoms. The number of benzene rings is 3. The second kappa shape index (κ2) is 10.1. The number of carbonyl (C=O) groups excluding carboxylic acids is 1. The number of fused-ring (bicyclic) bond motifs is 1. The van der Waals surface area contributed by atoms with Crippen molar-refractivity contribution in [2.75, 3.05) is 18.4 Å². The Labute approximate surface area is 216 Å². The molecule has 0 aliphatic carbocycles. The van der Waals surface area contributed by atoms with E-state index in [1.54, 1.807) is 18.2 Å². The van der Waals surface area contributed by atoms with Gasteiger partial charge in [-0.2, -0.15) is 0 Å². The first-order valence-corrected chi connectivity index (χ1v) is 12.7. The summed E-state index contributed by atoms with van der Waals surface area (Å²) in [6.45, 7) is 2.23. The average Bonchev–Trinajstić information content (AvgIpc) is 3.19. The van der Waals surface area contributed by atoms with E-state index in [1.807, 2.05) is 30.3 Å². The zero-order chi connectivity index (χ0) is 23.7. The van der Waals surface area contributed by atoms with Crippen LogP contribution >= 0.6 is 39.1 Å². The first kappa shape index (κ1) is 23.4. The summed E-state index contributed by atoms with van der Waals surface area (Å²) in [5, 5.41) is 3.98. The molecule has 174 valence electrons. The third kappa shape index (κ3) is 5.01. The second-order valence-electron chi connectivity index (χ2n) is 8.52. The highest BCUT2D eigenvalue weighted by molar-refractivity contribution is 9.10. The number of carbonyl (C=O) groups is 1. The van der Waals surface area contributed by atoms with Crippen LogP contribution in [-0.2, 0) is 11.3 Å². The van der Waals surface area contributed by atoms with Crippen LogP contribution in [0.2, 0.25) is 10.0 Å². The number of imidazole rings is 1. The summed E-state index contributed by atoms with van der Waals surface area (Å²) >= 11 is 15.9. The number of likely N-dealkylation sites (tertiary alicyclic amines) is 1. The topological polar surface area (TPSA) is 50.2 Å². The van der Waals surface area contributed by atoms with E-state index >= 15 is 0 Å². The molecule has 0 radical (unpaired) electrons. The summed E-state index contributed by atoms with van der Waals surface area (Å²) in [7, 11) is 0. The van der Waals surface area contributed by atoms with Gasteiger partial charge in [0.05, 0.1) is 34.2 Å². The molecular formula is C26H23BrCl2N4O. The van der Waals surface area contributed by atoms with Crippen molar-refractivity contribution in [3.8, 4) is 5.69 Å². The van der Waals surface area contributed by atoms with Gasteiger partial charge < -0.3 is 5.32 Å². The van der Waals surface area contributed by atoms with Crippen LogP contribution in [0.4, 0.5) is 5.69 Å². The van der Waals surface area contributed by atoms with Gasteiger partial charge in [0.15, 0.2) is 0 Å². The van der Waals surface area contributed by atoms with Crippen molar-refractivity contribution in [3.05, 3.63) is 87.1 Å². The zero-order valence-electron chi connectivity index (χ0n) is 18.3. The molecule has 0 unspecified atom stereocenters. The molecule has 1 atom stereocenters. The number of aromatic nitrogens is 2. The SMILES string of the molecule is O=C(Nc1cc(Cl)ccc1Cl)[C@H]1CCCN(Cc2nc3ccccc3n2-c2cccc(Br)c2)C1. The van der Waals surface area contributed by atoms with E-state index in [0.717, 1.165) is 46.4 Å². The van der Waals surface area contributed by atoms with Gasteiger partial charge in [-0.1, -0.05) is 57.3 Å². The quantitative estimate of drug-likeness (QED) is 0.289. The number of para-hydroxylation sites is 2. The molecule has 8 heteroatoms. The fourth-order valence-electron chi connectivity index (χ4n) is 4.53. The van der Waals surface area contributed by atoms with Crippen molar-refractivity contribution in [3.63, 3.8) is 0 Å². The molecule has 3 aromatic carbocycles. The lowest BCUT2D eigenvalue weighted by atomic mass is 9.97. The van der Waals surface area contributed by atoms with Crippen molar-refractivity contribution in [2.24, 2.45) is 5.92 Å². The van der Waals surface area contributed by atoms with Crippen molar-refractivity contribution < 1.29 is 4.79 Å². The first-order chi connectivity index (χ1) is 16.5. The number of amides is 1. The number of hydrogen-bond donors (Lipinski definition) is 1. The standard InChI is InChI=1S/C26H23BrCl2N4O/c27-18-6-3-7-20(13-18)33-24-9-2-1-8-22(24)30-25(33)16-32-12-4-5-17(15-32)26(34)31-23-14-19(28)10-11-21(23)29/h1-3,6-11,13-14,17H,4-5,12,15-16H2,(H,31,34)/t17-/m0/s1. The summed E-state index contributed by atoms with van der Waals surface area (Å²) in [5.41, 5.74) is 3.63. The minimum atomic E-state index is -0.132. The Bertz CT molecular complexity index is 1360. The molecule has 0 spiro atoms. The lowest BCUT2D eigenvalue weighted by molar-refractivity contribution is -0.121. The van der Waals surface area contributed by atoms with Crippen LogP contribution in [0.3, 0.4) is 0 Å². The summed E-state index contributed by atoms with van der Waals surface area (Å²) in [6.07, 6.45) is 1.78. The number of nitrogens with one attached hydrogen (secondary N) is 1. The molecule has 1 fully saturated rings. The minimum absolute atomic E-state index is 0.0330. The number of piperidine rings is 1. The van der Waals surface area contributed by atoms with Crippen molar-refractivity contribution in [2.45, 2.75) is 19.4 Å². The highest BCUT2D eigenvalue weighted by atomic mass is 79.9. The van der Waals surface area contributed by atoms with Crippen LogP contribution in [0.1, 0.15) is 18.7 Å². The van der Waals surface area contributed by atoms with Crippen molar-refractivity contribution in [1.82, 2.24) is 14.5 Å². The molecule has 1 N–H and O–H groups in total. The number of halogens is 3. The normalized spacial score (nSPS) is 16.6. The van der Waals surface area contributed by atoms with E-state index < -0.39 is 0 Å². The number of rotatable bonds is 5. The van der Waals surface area contributed by atoms with E-state index in [9.17, 15) is 4.79 Å². The van der Waals surface area contributed by atoms with Crippen LogP contribution in [0.5, 0.6) is 0 Å². The maximum absolute atomic E-state index is 13.0. The first-order valence-electron chi connectivity index (χ1n) is 11.2. The van der Waals surface area contributed by atoms with Gasteiger partial charge in [-0.05, 0) is 67.9 Å². The van der Waals surface area contributed by atoms with Gasteiger partial charge in [0.2, 0.25) is 5.91 Å². The highest BCUT2D eigenvalue weighted by Gasteiger charge is 2.27. The van der Waals surface area contributed by atoms with Gasteiger partial charge in [0.1, 0.15) is 5.82 Å². The number of hydrogen-bond acceptors (Lipinski definition) is 3. The Morgan fingerprint density at radius 2 is 1.94 bits per heavy atom. The summed E-state index contributed by atoms with van der Waals surface area (Å²) in [5.74, 6) is 0.792. The third-order valence-corrected chi connectivity index (χ3v) is 7.18. The van der Waals surface area contributed by atoms with E-state index in [-0.39, 0.29) is 11.8 Å². The molecule has 0 bridgehead atoms. The number of anilines is 1. The predicted molar refractivity (Wildman–Crippen MR) is 142 cm³/mol. The van der Waals surface area contributed by atoms with E-state index in [2.05, 4.69) is 48.9 Å². The Kier molecular flexibility index (Phi) is 6.93. The average molecular weight is 558 g/mol. The van der Waals surface area contributed by atoms with E-state index in [1.165, 1.54) is 0 Å². The number of nitrogens with zero attached hydrogens (tertiary/aromatic N) is 3. The predicted octanol–water partition coefficient (Wildman–Crippen LogP) is 6.95. The van der Waals surface area contributed by atoms with Crippen molar-refractivity contribution in [1.29, 1.82) is 0 Å². The molecule has 1 aromatic heterocycles.